The van der Waals surface area contributed by atoms with E-state index in [9.17, 15) is 0 Å². The minimum atomic E-state index is -0.0304. The maximum atomic E-state index is 9.02. The first-order valence-electron chi connectivity index (χ1n) is 6.12. The van der Waals surface area contributed by atoms with Crippen molar-refractivity contribution in [3.05, 3.63) is 24.0 Å². The average molecular weight is 246 g/mol. The van der Waals surface area contributed by atoms with Gasteiger partial charge in [0.05, 0.1) is 29.6 Å². The van der Waals surface area contributed by atoms with Crippen molar-refractivity contribution in [2.45, 2.75) is 18.4 Å². The van der Waals surface area contributed by atoms with Gasteiger partial charge < -0.3 is 15.4 Å². The predicted octanol–water partition coefficient (Wildman–Crippen LogP) is 1.13. The number of hydrogen-bond donors (Lipinski definition) is 2. The molecule has 0 bridgehead atoms. The van der Waals surface area contributed by atoms with Crippen molar-refractivity contribution in [2.75, 3.05) is 32.1 Å². The summed E-state index contributed by atoms with van der Waals surface area (Å²) in [7, 11) is 1.71. The van der Waals surface area contributed by atoms with Crippen molar-refractivity contribution in [1.82, 2.24) is 10.3 Å². The zero-order chi connectivity index (χ0) is 12.8. The number of rotatable bonds is 5. The summed E-state index contributed by atoms with van der Waals surface area (Å²) in [6.07, 6.45) is 5.55. The number of pyridine rings is 1. The molecule has 0 spiro atoms. The number of aromatic nitrogens is 1. The van der Waals surface area contributed by atoms with Gasteiger partial charge in [-0.25, -0.2) is 0 Å². The second-order valence-electron chi connectivity index (χ2n) is 4.63. The Morgan fingerprint density at radius 2 is 2.56 bits per heavy atom. The van der Waals surface area contributed by atoms with E-state index in [2.05, 4.69) is 21.7 Å². The van der Waals surface area contributed by atoms with Gasteiger partial charge in [-0.3, -0.25) is 4.98 Å². The molecule has 1 unspecified atom stereocenters. The van der Waals surface area contributed by atoms with E-state index >= 15 is 0 Å². The standard InChI is InChI=1S/C13H18N4O/c1-18-10-13(4-2-5-17-13)9-16-12-8-15-6-3-11(12)7-14/h3,6,8,16-17H,2,4-5,9-10H2,1H3. The van der Waals surface area contributed by atoms with Gasteiger partial charge in [0.25, 0.3) is 0 Å². The number of hydrogen-bond acceptors (Lipinski definition) is 5. The van der Waals surface area contributed by atoms with Gasteiger partial charge in [0.15, 0.2) is 0 Å². The smallest absolute Gasteiger partial charge is 0.101 e. The van der Waals surface area contributed by atoms with Crippen molar-refractivity contribution in [2.24, 2.45) is 0 Å². The van der Waals surface area contributed by atoms with Crippen LogP contribution in [0.1, 0.15) is 18.4 Å². The number of methoxy groups -OCH3 is 1. The summed E-state index contributed by atoms with van der Waals surface area (Å²) in [5.41, 5.74) is 1.37. The van der Waals surface area contributed by atoms with E-state index in [1.165, 1.54) is 0 Å². The first-order valence-corrected chi connectivity index (χ1v) is 6.12. The summed E-state index contributed by atoms with van der Waals surface area (Å²) in [6.45, 7) is 2.42. The third-order valence-corrected chi connectivity index (χ3v) is 3.31. The molecular formula is C13H18N4O. The Morgan fingerprint density at radius 3 is 3.22 bits per heavy atom. The Hall–Kier alpha value is -1.64. The quantitative estimate of drug-likeness (QED) is 0.815. The van der Waals surface area contributed by atoms with Gasteiger partial charge >= 0.3 is 0 Å². The van der Waals surface area contributed by atoms with Crippen LogP contribution in [0.15, 0.2) is 18.5 Å². The molecule has 0 aliphatic carbocycles. The SMILES string of the molecule is COCC1(CNc2cnccc2C#N)CCCN1. The van der Waals surface area contributed by atoms with E-state index in [1.807, 2.05) is 0 Å². The highest BCUT2D eigenvalue weighted by Crippen LogP contribution is 2.21. The molecule has 18 heavy (non-hydrogen) atoms. The van der Waals surface area contributed by atoms with Crippen molar-refractivity contribution < 1.29 is 4.74 Å². The summed E-state index contributed by atoms with van der Waals surface area (Å²) in [5, 5.41) is 15.8. The molecular weight excluding hydrogens is 228 g/mol. The monoisotopic (exact) mass is 246 g/mol. The zero-order valence-electron chi connectivity index (χ0n) is 10.6. The van der Waals surface area contributed by atoms with Crippen LogP contribution in [0.4, 0.5) is 5.69 Å². The molecule has 0 saturated carbocycles. The summed E-state index contributed by atoms with van der Waals surface area (Å²) in [6, 6.07) is 3.88. The van der Waals surface area contributed by atoms with Gasteiger partial charge in [-0.1, -0.05) is 0 Å². The fraction of sp³-hybridized carbons (Fsp3) is 0.538. The highest BCUT2D eigenvalue weighted by Gasteiger charge is 2.33. The molecule has 0 aromatic carbocycles. The minimum absolute atomic E-state index is 0.0304. The van der Waals surface area contributed by atoms with E-state index in [-0.39, 0.29) is 5.54 Å². The molecule has 2 rings (SSSR count). The van der Waals surface area contributed by atoms with Crippen LogP contribution in [0.25, 0.3) is 0 Å². The maximum Gasteiger partial charge on any atom is 0.101 e. The highest BCUT2D eigenvalue weighted by atomic mass is 16.5. The molecule has 1 saturated heterocycles. The highest BCUT2D eigenvalue weighted by molar-refractivity contribution is 5.55. The number of nitriles is 1. The molecule has 1 aliphatic heterocycles. The molecule has 96 valence electrons. The molecule has 1 aromatic heterocycles. The van der Waals surface area contributed by atoms with Gasteiger partial charge in [0, 0.05) is 19.9 Å². The van der Waals surface area contributed by atoms with Crippen LogP contribution < -0.4 is 10.6 Å². The Kier molecular flexibility index (Phi) is 4.13. The van der Waals surface area contributed by atoms with Gasteiger partial charge in [-0.15, -0.1) is 0 Å². The van der Waals surface area contributed by atoms with Gasteiger partial charge in [-0.05, 0) is 25.5 Å². The number of nitrogens with zero attached hydrogens (tertiary/aromatic N) is 2. The lowest BCUT2D eigenvalue weighted by Crippen LogP contribution is -2.49. The van der Waals surface area contributed by atoms with Crippen LogP contribution in [0, 0.1) is 11.3 Å². The van der Waals surface area contributed by atoms with E-state index < -0.39 is 0 Å². The lowest BCUT2D eigenvalue weighted by atomic mass is 9.98. The third-order valence-electron chi connectivity index (χ3n) is 3.31. The van der Waals surface area contributed by atoms with Crippen LogP contribution in [-0.2, 0) is 4.74 Å². The summed E-state index contributed by atoms with van der Waals surface area (Å²) < 4.78 is 5.29. The van der Waals surface area contributed by atoms with Crippen molar-refractivity contribution in [1.29, 1.82) is 5.26 Å². The van der Waals surface area contributed by atoms with Gasteiger partial charge in [-0.2, -0.15) is 5.26 Å². The van der Waals surface area contributed by atoms with Crippen LogP contribution in [0.5, 0.6) is 0 Å². The molecule has 2 heterocycles. The topological polar surface area (TPSA) is 70.0 Å². The first-order chi connectivity index (χ1) is 8.79. The Bertz CT molecular complexity index is 435. The molecule has 1 atom stereocenters. The lowest BCUT2D eigenvalue weighted by molar-refractivity contribution is 0.127. The molecule has 0 amide bonds. The summed E-state index contributed by atoms with van der Waals surface area (Å²) >= 11 is 0. The largest absolute Gasteiger partial charge is 0.383 e. The van der Waals surface area contributed by atoms with E-state index in [1.54, 1.807) is 25.6 Å². The normalized spacial score (nSPS) is 22.7. The van der Waals surface area contributed by atoms with Crippen molar-refractivity contribution in [3.8, 4) is 6.07 Å². The summed E-state index contributed by atoms with van der Waals surface area (Å²) in [4.78, 5) is 4.04. The Labute approximate surface area is 107 Å². The molecule has 0 radical (unpaired) electrons. The number of ether oxygens (including phenoxy) is 1. The molecule has 1 aliphatic rings. The molecule has 1 fully saturated rings. The van der Waals surface area contributed by atoms with Crippen molar-refractivity contribution >= 4 is 5.69 Å². The molecule has 5 heteroatoms. The van der Waals surface area contributed by atoms with E-state index in [0.717, 1.165) is 31.6 Å². The molecule has 2 N–H and O–H groups in total. The average Bonchev–Trinajstić information content (AvgIpc) is 2.86. The minimum Gasteiger partial charge on any atom is -0.383 e. The fourth-order valence-corrected chi connectivity index (χ4v) is 2.37. The van der Waals surface area contributed by atoms with E-state index in [0.29, 0.717) is 12.2 Å². The molecule has 5 nitrogen and oxygen atoms in total. The Morgan fingerprint density at radius 1 is 1.67 bits per heavy atom. The van der Waals surface area contributed by atoms with Gasteiger partial charge in [0.1, 0.15) is 6.07 Å². The maximum absolute atomic E-state index is 9.02. The zero-order valence-corrected chi connectivity index (χ0v) is 10.6. The predicted molar refractivity (Wildman–Crippen MR) is 69.3 cm³/mol. The van der Waals surface area contributed by atoms with Crippen LogP contribution in [0.2, 0.25) is 0 Å². The van der Waals surface area contributed by atoms with Crippen LogP contribution in [0.3, 0.4) is 0 Å². The third kappa shape index (κ3) is 2.78. The number of nitrogens with one attached hydrogen (secondary N) is 2. The second kappa shape index (κ2) is 5.80. The second-order valence-corrected chi connectivity index (χ2v) is 4.63. The van der Waals surface area contributed by atoms with E-state index in [4.69, 9.17) is 10.00 Å². The lowest BCUT2D eigenvalue weighted by Gasteiger charge is -2.29. The summed E-state index contributed by atoms with van der Waals surface area (Å²) in [5.74, 6) is 0. The first kappa shape index (κ1) is 12.8. The Balaban J connectivity index is 2.03. The fourth-order valence-electron chi connectivity index (χ4n) is 2.37. The number of anilines is 1. The van der Waals surface area contributed by atoms with Crippen LogP contribution in [-0.4, -0.2) is 37.3 Å². The van der Waals surface area contributed by atoms with Gasteiger partial charge in [0.2, 0.25) is 0 Å². The molecule has 1 aromatic rings. The van der Waals surface area contributed by atoms with Crippen molar-refractivity contribution in [3.63, 3.8) is 0 Å². The van der Waals surface area contributed by atoms with Crippen LogP contribution >= 0.6 is 0 Å².